The molecule has 2 rings (SSSR count). The molecule has 6 heteroatoms. The molecule has 0 aliphatic carbocycles. The Morgan fingerprint density at radius 2 is 2.05 bits per heavy atom. The molecule has 1 fully saturated rings. The topological polar surface area (TPSA) is 63.7 Å². The van der Waals surface area contributed by atoms with Crippen LogP contribution in [-0.4, -0.2) is 50.4 Å². The molecule has 1 amide bonds. The quantitative estimate of drug-likeness (QED) is 0.816. The average Bonchev–Trinajstić information content (AvgIpc) is 2.87. The maximum atomic E-state index is 11.9. The van der Waals surface area contributed by atoms with Crippen LogP contribution in [0.5, 0.6) is 5.75 Å². The van der Waals surface area contributed by atoms with Gasteiger partial charge in [-0.25, -0.2) is 8.42 Å². The molecular formula is C13H17NO4S. The second-order valence-electron chi connectivity index (χ2n) is 4.68. The second-order valence-corrected chi connectivity index (χ2v) is 7.01. The maximum absolute atomic E-state index is 11.9. The van der Waals surface area contributed by atoms with Crippen LogP contribution in [-0.2, 0) is 14.6 Å². The zero-order chi connectivity index (χ0) is 13.9. The van der Waals surface area contributed by atoms with Gasteiger partial charge in [-0.3, -0.25) is 4.79 Å². The van der Waals surface area contributed by atoms with Crippen molar-refractivity contribution in [3.8, 4) is 5.75 Å². The van der Waals surface area contributed by atoms with E-state index in [0.29, 0.717) is 18.7 Å². The van der Waals surface area contributed by atoms with E-state index in [1.165, 1.54) is 6.26 Å². The number of para-hydroxylation sites is 1. The fourth-order valence-corrected chi connectivity index (χ4v) is 3.04. The predicted octanol–water partition coefficient (Wildman–Crippen LogP) is 0.711. The summed E-state index contributed by atoms with van der Waals surface area (Å²) in [5.74, 6) is 0.463. The first-order chi connectivity index (χ1) is 8.97. The van der Waals surface area contributed by atoms with E-state index in [4.69, 9.17) is 4.74 Å². The van der Waals surface area contributed by atoms with Crippen molar-refractivity contribution in [2.45, 2.75) is 11.7 Å². The third-order valence-electron chi connectivity index (χ3n) is 3.21. The molecule has 1 heterocycles. The van der Waals surface area contributed by atoms with Crippen LogP contribution in [0.15, 0.2) is 30.3 Å². The molecule has 0 unspecified atom stereocenters. The fraction of sp³-hybridized carbons (Fsp3) is 0.462. The van der Waals surface area contributed by atoms with Gasteiger partial charge in [0.2, 0.25) is 0 Å². The minimum absolute atomic E-state index is 0.0551. The number of hydrogen-bond acceptors (Lipinski definition) is 4. The van der Waals surface area contributed by atoms with Gasteiger partial charge in [0.1, 0.15) is 5.75 Å². The third-order valence-corrected chi connectivity index (χ3v) is 4.80. The molecule has 1 aromatic rings. The molecule has 0 spiro atoms. The lowest BCUT2D eigenvalue weighted by Crippen LogP contribution is -2.34. The van der Waals surface area contributed by atoms with E-state index in [0.717, 1.165) is 0 Å². The molecule has 0 saturated carbocycles. The molecule has 0 radical (unpaired) electrons. The maximum Gasteiger partial charge on any atom is 0.260 e. The molecule has 1 aliphatic heterocycles. The Labute approximate surface area is 113 Å². The molecule has 5 nitrogen and oxygen atoms in total. The van der Waals surface area contributed by atoms with Gasteiger partial charge in [0.25, 0.3) is 5.91 Å². The van der Waals surface area contributed by atoms with Gasteiger partial charge in [-0.15, -0.1) is 0 Å². The largest absolute Gasteiger partial charge is 0.484 e. The van der Waals surface area contributed by atoms with E-state index >= 15 is 0 Å². The van der Waals surface area contributed by atoms with Gasteiger partial charge in [0, 0.05) is 19.3 Å². The molecule has 1 aliphatic rings. The van der Waals surface area contributed by atoms with Crippen LogP contribution in [0.4, 0.5) is 0 Å². The van der Waals surface area contributed by atoms with E-state index < -0.39 is 15.1 Å². The van der Waals surface area contributed by atoms with E-state index in [-0.39, 0.29) is 19.1 Å². The Morgan fingerprint density at radius 1 is 1.37 bits per heavy atom. The van der Waals surface area contributed by atoms with Gasteiger partial charge >= 0.3 is 0 Å². The first-order valence-electron chi connectivity index (χ1n) is 6.11. The smallest absolute Gasteiger partial charge is 0.260 e. The Morgan fingerprint density at radius 3 is 2.63 bits per heavy atom. The van der Waals surface area contributed by atoms with Crippen molar-refractivity contribution in [3.05, 3.63) is 30.3 Å². The molecule has 19 heavy (non-hydrogen) atoms. The van der Waals surface area contributed by atoms with E-state index in [1.807, 2.05) is 18.2 Å². The van der Waals surface area contributed by atoms with Crippen LogP contribution < -0.4 is 4.74 Å². The lowest BCUT2D eigenvalue weighted by molar-refractivity contribution is -0.132. The van der Waals surface area contributed by atoms with Crippen molar-refractivity contribution in [1.29, 1.82) is 0 Å². The number of benzene rings is 1. The van der Waals surface area contributed by atoms with E-state index in [9.17, 15) is 13.2 Å². The van der Waals surface area contributed by atoms with Gasteiger partial charge in [0.15, 0.2) is 16.4 Å². The SMILES string of the molecule is CS(=O)(=O)[C@@H]1CCN(C(=O)COc2ccccc2)C1. The minimum Gasteiger partial charge on any atom is -0.484 e. The Bertz CT molecular complexity index is 541. The van der Waals surface area contributed by atoms with Crippen LogP contribution in [0.1, 0.15) is 6.42 Å². The monoisotopic (exact) mass is 283 g/mol. The summed E-state index contributed by atoms with van der Waals surface area (Å²) in [5, 5.41) is -0.437. The van der Waals surface area contributed by atoms with E-state index in [2.05, 4.69) is 0 Å². The molecule has 1 atom stereocenters. The van der Waals surface area contributed by atoms with Crippen LogP contribution >= 0.6 is 0 Å². The molecular weight excluding hydrogens is 266 g/mol. The number of carbonyl (C=O) groups is 1. The Balaban J connectivity index is 1.85. The van der Waals surface area contributed by atoms with Gasteiger partial charge in [-0.1, -0.05) is 18.2 Å². The molecule has 1 aromatic carbocycles. The molecule has 0 aromatic heterocycles. The number of nitrogens with zero attached hydrogens (tertiary/aromatic N) is 1. The Kier molecular flexibility index (Phi) is 4.09. The molecule has 0 N–H and O–H groups in total. The van der Waals surface area contributed by atoms with Gasteiger partial charge in [0.05, 0.1) is 5.25 Å². The van der Waals surface area contributed by atoms with Crippen LogP contribution in [0.3, 0.4) is 0 Å². The summed E-state index contributed by atoms with van der Waals surface area (Å²) >= 11 is 0. The standard InChI is InChI=1S/C13H17NO4S/c1-19(16,17)12-7-8-14(9-12)13(15)10-18-11-5-3-2-4-6-11/h2-6,12H,7-10H2,1H3/t12-/m1/s1. The first-order valence-corrected chi connectivity index (χ1v) is 8.07. The fourth-order valence-electron chi connectivity index (χ4n) is 2.06. The van der Waals surface area contributed by atoms with Crippen molar-refractivity contribution >= 4 is 15.7 Å². The van der Waals surface area contributed by atoms with Crippen molar-refractivity contribution in [1.82, 2.24) is 4.90 Å². The van der Waals surface area contributed by atoms with Gasteiger partial charge in [-0.2, -0.15) is 0 Å². The molecule has 0 bridgehead atoms. The van der Waals surface area contributed by atoms with Crippen LogP contribution in [0, 0.1) is 0 Å². The number of carbonyl (C=O) groups excluding carboxylic acids is 1. The molecule has 1 saturated heterocycles. The third kappa shape index (κ3) is 3.70. The summed E-state index contributed by atoms with van der Waals surface area (Å²) in [6.07, 6.45) is 1.72. The Hall–Kier alpha value is -1.56. The summed E-state index contributed by atoms with van der Waals surface area (Å²) in [6.45, 7) is 0.699. The minimum atomic E-state index is -3.07. The lowest BCUT2D eigenvalue weighted by Gasteiger charge is -2.16. The highest BCUT2D eigenvalue weighted by molar-refractivity contribution is 7.91. The van der Waals surface area contributed by atoms with Crippen LogP contribution in [0.25, 0.3) is 0 Å². The van der Waals surface area contributed by atoms with Crippen molar-refractivity contribution in [2.24, 2.45) is 0 Å². The number of rotatable bonds is 4. The number of sulfone groups is 1. The van der Waals surface area contributed by atoms with Crippen molar-refractivity contribution in [3.63, 3.8) is 0 Å². The number of hydrogen-bond donors (Lipinski definition) is 0. The molecule has 104 valence electrons. The number of likely N-dealkylation sites (tertiary alicyclic amines) is 1. The highest BCUT2D eigenvalue weighted by Crippen LogP contribution is 2.16. The van der Waals surface area contributed by atoms with Gasteiger partial charge in [-0.05, 0) is 18.6 Å². The van der Waals surface area contributed by atoms with Gasteiger partial charge < -0.3 is 9.64 Å². The summed E-state index contributed by atoms with van der Waals surface area (Å²) in [7, 11) is -3.07. The van der Waals surface area contributed by atoms with E-state index in [1.54, 1.807) is 17.0 Å². The zero-order valence-corrected chi connectivity index (χ0v) is 11.6. The van der Waals surface area contributed by atoms with Crippen molar-refractivity contribution in [2.75, 3.05) is 26.0 Å². The average molecular weight is 283 g/mol. The highest BCUT2D eigenvalue weighted by atomic mass is 32.2. The first kappa shape index (κ1) is 13.9. The summed E-state index contributed by atoms with van der Waals surface area (Å²) in [6, 6.07) is 9.07. The number of ether oxygens (including phenoxy) is 1. The predicted molar refractivity (Wildman–Crippen MR) is 71.8 cm³/mol. The number of amides is 1. The lowest BCUT2D eigenvalue weighted by atomic mass is 10.3. The second kappa shape index (κ2) is 5.61. The van der Waals surface area contributed by atoms with Crippen molar-refractivity contribution < 1.29 is 17.9 Å². The summed E-state index contributed by atoms with van der Waals surface area (Å²) in [4.78, 5) is 13.4. The summed E-state index contributed by atoms with van der Waals surface area (Å²) in [5.41, 5.74) is 0. The summed E-state index contributed by atoms with van der Waals surface area (Å²) < 4.78 is 28.2. The van der Waals surface area contributed by atoms with Crippen LogP contribution in [0.2, 0.25) is 0 Å². The normalized spacial score (nSPS) is 19.4. The zero-order valence-electron chi connectivity index (χ0n) is 10.8. The highest BCUT2D eigenvalue weighted by Gasteiger charge is 2.32.